The number of nitrogens with zero attached hydrogens (tertiary/aromatic N) is 1. The van der Waals surface area contributed by atoms with E-state index in [0.717, 1.165) is 23.0 Å². The van der Waals surface area contributed by atoms with Gasteiger partial charge in [0.15, 0.2) is 0 Å². The number of hydrazine groups is 1. The number of rotatable bonds is 10. The first-order chi connectivity index (χ1) is 10.1. The van der Waals surface area contributed by atoms with Crippen LogP contribution in [0, 0.1) is 0 Å². The molecule has 1 aromatic rings. The van der Waals surface area contributed by atoms with Crippen LogP contribution in [0.2, 0.25) is 0 Å². The van der Waals surface area contributed by atoms with E-state index in [1.54, 1.807) is 5.01 Å². The van der Waals surface area contributed by atoms with Gasteiger partial charge in [0.1, 0.15) is 0 Å². The summed E-state index contributed by atoms with van der Waals surface area (Å²) in [6.45, 7) is 2.91. The normalized spacial score (nSPS) is 11.7. The summed E-state index contributed by atoms with van der Waals surface area (Å²) in [6, 6.07) is 8.16. The SMILES string of the molecule is CCCCCCCC/C(N)=C/N(N)Cc1ccc(Br)cc1. The minimum atomic E-state index is 0.671. The van der Waals surface area contributed by atoms with Crippen molar-refractivity contribution in [3.05, 3.63) is 46.2 Å². The summed E-state index contributed by atoms with van der Waals surface area (Å²) < 4.78 is 1.08. The van der Waals surface area contributed by atoms with E-state index < -0.39 is 0 Å². The van der Waals surface area contributed by atoms with Crippen molar-refractivity contribution in [3.8, 4) is 0 Å². The zero-order valence-corrected chi connectivity index (χ0v) is 14.6. The molecule has 21 heavy (non-hydrogen) atoms. The van der Waals surface area contributed by atoms with E-state index in [1.807, 2.05) is 18.3 Å². The van der Waals surface area contributed by atoms with Crippen molar-refractivity contribution >= 4 is 15.9 Å². The lowest BCUT2D eigenvalue weighted by Gasteiger charge is -2.15. The van der Waals surface area contributed by atoms with Crippen LogP contribution in [0.25, 0.3) is 0 Å². The number of allylic oxidation sites excluding steroid dienone is 1. The molecule has 4 N–H and O–H groups in total. The van der Waals surface area contributed by atoms with Crippen LogP contribution in [-0.4, -0.2) is 5.01 Å². The molecule has 0 aliphatic heterocycles. The molecular weight excluding hydrogens is 326 g/mol. The fraction of sp³-hybridized carbons (Fsp3) is 0.529. The van der Waals surface area contributed by atoms with Crippen LogP contribution >= 0.6 is 15.9 Å². The molecule has 1 rings (SSSR count). The first-order valence-electron chi connectivity index (χ1n) is 7.83. The smallest absolute Gasteiger partial charge is 0.0586 e. The Morgan fingerprint density at radius 3 is 2.38 bits per heavy atom. The fourth-order valence-corrected chi connectivity index (χ4v) is 2.50. The molecule has 0 aromatic heterocycles. The zero-order chi connectivity index (χ0) is 15.5. The van der Waals surface area contributed by atoms with Crippen LogP contribution < -0.4 is 11.6 Å². The quantitative estimate of drug-likeness (QED) is 0.365. The van der Waals surface area contributed by atoms with Gasteiger partial charge in [0, 0.05) is 16.4 Å². The third kappa shape index (κ3) is 8.79. The molecule has 0 atom stereocenters. The molecule has 3 nitrogen and oxygen atoms in total. The largest absolute Gasteiger partial charge is 0.401 e. The van der Waals surface area contributed by atoms with Gasteiger partial charge in [0.2, 0.25) is 0 Å². The van der Waals surface area contributed by atoms with Gasteiger partial charge in [0.25, 0.3) is 0 Å². The Kier molecular flexibility index (Phi) is 9.19. The topological polar surface area (TPSA) is 55.3 Å². The highest BCUT2D eigenvalue weighted by molar-refractivity contribution is 9.10. The van der Waals surface area contributed by atoms with Crippen molar-refractivity contribution in [1.82, 2.24) is 5.01 Å². The zero-order valence-electron chi connectivity index (χ0n) is 13.0. The van der Waals surface area contributed by atoms with Gasteiger partial charge in [-0.1, -0.05) is 67.1 Å². The maximum absolute atomic E-state index is 6.03. The maximum atomic E-state index is 6.03. The second-order valence-corrected chi connectivity index (χ2v) is 6.44. The summed E-state index contributed by atoms with van der Waals surface area (Å²) in [5.74, 6) is 5.98. The first-order valence-corrected chi connectivity index (χ1v) is 8.63. The average molecular weight is 354 g/mol. The van der Waals surface area contributed by atoms with E-state index in [0.29, 0.717) is 6.54 Å². The maximum Gasteiger partial charge on any atom is 0.0586 e. The van der Waals surface area contributed by atoms with Crippen LogP contribution in [0.4, 0.5) is 0 Å². The predicted molar refractivity (Wildman–Crippen MR) is 94.1 cm³/mol. The third-order valence-corrected chi connectivity index (χ3v) is 3.96. The summed E-state index contributed by atoms with van der Waals surface area (Å²) >= 11 is 3.43. The van der Waals surface area contributed by atoms with Crippen LogP contribution in [-0.2, 0) is 6.54 Å². The number of hydrogen-bond donors (Lipinski definition) is 2. The molecule has 0 saturated heterocycles. The Morgan fingerprint density at radius 1 is 1.10 bits per heavy atom. The van der Waals surface area contributed by atoms with Crippen molar-refractivity contribution in [3.63, 3.8) is 0 Å². The van der Waals surface area contributed by atoms with Gasteiger partial charge in [-0.3, -0.25) is 0 Å². The molecule has 0 aliphatic rings. The highest BCUT2D eigenvalue weighted by Crippen LogP contribution is 2.12. The van der Waals surface area contributed by atoms with Gasteiger partial charge >= 0.3 is 0 Å². The van der Waals surface area contributed by atoms with Gasteiger partial charge in [-0.15, -0.1) is 0 Å². The molecule has 0 saturated carbocycles. The van der Waals surface area contributed by atoms with Crippen molar-refractivity contribution in [2.75, 3.05) is 0 Å². The second kappa shape index (κ2) is 10.7. The molecule has 118 valence electrons. The molecule has 0 aliphatic carbocycles. The number of halogens is 1. The Labute approximate surface area is 137 Å². The molecule has 0 unspecified atom stereocenters. The summed E-state index contributed by atoms with van der Waals surface area (Å²) in [7, 11) is 0. The molecular formula is C17H28BrN3. The third-order valence-electron chi connectivity index (χ3n) is 3.43. The van der Waals surface area contributed by atoms with Crippen molar-refractivity contribution < 1.29 is 0 Å². The van der Waals surface area contributed by atoms with E-state index in [2.05, 4.69) is 35.0 Å². The molecule has 0 radical (unpaired) electrons. The standard InChI is InChI=1S/C17H28BrN3/c1-2-3-4-5-6-7-8-17(19)14-21(20)13-15-9-11-16(18)12-10-15/h9-12,14H,2-8,13,19-20H2,1H3/b17-14-. The minimum Gasteiger partial charge on any atom is -0.401 e. The Bertz CT molecular complexity index is 415. The van der Waals surface area contributed by atoms with E-state index in [-0.39, 0.29) is 0 Å². The highest BCUT2D eigenvalue weighted by Gasteiger charge is 1.99. The number of unbranched alkanes of at least 4 members (excludes halogenated alkanes) is 5. The number of hydrogen-bond acceptors (Lipinski definition) is 3. The molecule has 0 heterocycles. The molecule has 0 fully saturated rings. The van der Waals surface area contributed by atoms with Crippen LogP contribution in [0.5, 0.6) is 0 Å². The van der Waals surface area contributed by atoms with Crippen molar-refractivity contribution in [2.24, 2.45) is 11.6 Å². The lowest BCUT2D eigenvalue weighted by molar-refractivity contribution is 0.381. The summed E-state index contributed by atoms with van der Waals surface area (Å²) in [4.78, 5) is 0. The lowest BCUT2D eigenvalue weighted by atomic mass is 10.1. The molecule has 0 amide bonds. The highest BCUT2D eigenvalue weighted by atomic mass is 79.9. The lowest BCUT2D eigenvalue weighted by Crippen LogP contribution is -2.25. The van der Waals surface area contributed by atoms with E-state index >= 15 is 0 Å². The van der Waals surface area contributed by atoms with Crippen molar-refractivity contribution in [1.29, 1.82) is 0 Å². The average Bonchev–Trinajstić information content (AvgIpc) is 2.45. The van der Waals surface area contributed by atoms with Gasteiger partial charge in [-0.05, 0) is 30.5 Å². The van der Waals surface area contributed by atoms with E-state index in [9.17, 15) is 0 Å². The molecule has 0 bridgehead atoms. The summed E-state index contributed by atoms with van der Waals surface area (Å²) in [5, 5.41) is 1.66. The van der Waals surface area contributed by atoms with Crippen molar-refractivity contribution in [2.45, 2.75) is 58.4 Å². The second-order valence-electron chi connectivity index (χ2n) is 5.52. The fourth-order valence-electron chi connectivity index (χ4n) is 2.23. The monoisotopic (exact) mass is 353 g/mol. The van der Waals surface area contributed by atoms with Crippen LogP contribution in [0.3, 0.4) is 0 Å². The predicted octanol–water partition coefficient (Wildman–Crippen LogP) is 4.68. The first kappa shape index (κ1) is 18.1. The summed E-state index contributed by atoms with van der Waals surface area (Å²) in [6.07, 6.45) is 10.5. The van der Waals surface area contributed by atoms with E-state index in [1.165, 1.54) is 37.7 Å². The van der Waals surface area contributed by atoms with Gasteiger partial charge < -0.3 is 10.7 Å². The number of benzene rings is 1. The van der Waals surface area contributed by atoms with Crippen LogP contribution in [0.1, 0.15) is 57.4 Å². The molecule has 1 aromatic carbocycles. The van der Waals surface area contributed by atoms with Gasteiger partial charge in [-0.2, -0.15) is 0 Å². The van der Waals surface area contributed by atoms with Crippen LogP contribution in [0.15, 0.2) is 40.6 Å². The van der Waals surface area contributed by atoms with Gasteiger partial charge in [-0.25, -0.2) is 5.84 Å². The Morgan fingerprint density at radius 2 is 1.71 bits per heavy atom. The molecule has 0 spiro atoms. The van der Waals surface area contributed by atoms with Gasteiger partial charge in [0.05, 0.1) is 6.54 Å². The molecule has 4 heteroatoms. The summed E-state index contributed by atoms with van der Waals surface area (Å²) in [5.41, 5.74) is 8.06. The Balaban J connectivity index is 2.24. The minimum absolute atomic E-state index is 0.671. The Hall–Kier alpha value is -1.00. The number of nitrogens with two attached hydrogens (primary N) is 2. The van der Waals surface area contributed by atoms with E-state index in [4.69, 9.17) is 11.6 Å².